The first-order valence-electron chi connectivity index (χ1n) is 8.49. The van der Waals surface area contributed by atoms with E-state index in [9.17, 15) is 4.79 Å². The maximum Gasteiger partial charge on any atom is 0.305 e. The SMILES string of the molecule is O=C(CCCCC(S)CCS)OCCOCCOCCOCCO. The first kappa shape index (κ1) is 24.0. The van der Waals surface area contributed by atoms with Crippen molar-refractivity contribution in [3.05, 3.63) is 0 Å². The maximum absolute atomic E-state index is 11.5. The van der Waals surface area contributed by atoms with Gasteiger partial charge in [-0.05, 0) is 25.0 Å². The number of ether oxygens (including phenoxy) is 4. The van der Waals surface area contributed by atoms with Crippen molar-refractivity contribution in [3.63, 3.8) is 0 Å². The molecule has 24 heavy (non-hydrogen) atoms. The lowest BCUT2D eigenvalue weighted by Crippen LogP contribution is -2.14. The minimum atomic E-state index is -0.180. The van der Waals surface area contributed by atoms with E-state index in [1.54, 1.807) is 0 Å². The summed E-state index contributed by atoms with van der Waals surface area (Å²) in [5.74, 6) is 0.666. The Morgan fingerprint density at radius 1 is 0.875 bits per heavy atom. The van der Waals surface area contributed by atoms with Gasteiger partial charge in [-0.2, -0.15) is 25.3 Å². The van der Waals surface area contributed by atoms with Crippen LogP contribution in [-0.2, 0) is 23.7 Å². The smallest absolute Gasteiger partial charge is 0.305 e. The number of aliphatic hydroxyl groups excluding tert-OH is 1. The molecule has 0 spiro atoms. The van der Waals surface area contributed by atoms with E-state index in [2.05, 4.69) is 25.3 Å². The average Bonchev–Trinajstić information content (AvgIpc) is 2.57. The molecule has 0 rings (SSSR count). The number of thiol groups is 2. The molecular weight excluding hydrogens is 352 g/mol. The zero-order chi connectivity index (χ0) is 17.9. The molecule has 144 valence electrons. The summed E-state index contributed by atoms with van der Waals surface area (Å²) in [7, 11) is 0. The van der Waals surface area contributed by atoms with E-state index in [-0.39, 0.29) is 19.2 Å². The predicted octanol–water partition coefficient (Wildman–Crippen LogP) is 1.75. The van der Waals surface area contributed by atoms with E-state index < -0.39 is 0 Å². The van der Waals surface area contributed by atoms with Crippen molar-refractivity contribution in [2.75, 3.05) is 58.6 Å². The third-order valence-corrected chi connectivity index (χ3v) is 3.88. The summed E-state index contributed by atoms with van der Waals surface area (Å²) in [5, 5.41) is 8.87. The van der Waals surface area contributed by atoms with Gasteiger partial charge in [0.2, 0.25) is 0 Å². The van der Waals surface area contributed by atoms with Crippen LogP contribution in [0.4, 0.5) is 0 Å². The second-order valence-corrected chi connectivity index (χ2v) is 6.37. The zero-order valence-corrected chi connectivity index (χ0v) is 16.1. The van der Waals surface area contributed by atoms with Crippen molar-refractivity contribution in [1.29, 1.82) is 0 Å². The van der Waals surface area contributed by atoms with Gasteiger partial charge in [-0.3, -0.25) is 4.79 Å². The second-order valence-electron chi connectivity index (χ2n) is 5.19. The summed E-state index contributed by atoms with van der Waals surface area (Å²) in [6.45, 7) is 2.84. The van der Waals surface area contributed by atoms with Crippen LogP contribution in [0.1, 0.15) is 32.1 Å². The minimum Gasteiger partial charge on any atom is -0.463 e. The summed E-state index contributed by atoms with van der Waals surface area (Å²) < 4.78 is 20.7. The van der Waals surface area contributed by atoms with Gasteiger partial charge in [0.15, 0.2) is 0 Å². The van der Waals surface area contributed by atoms with Crippen LogP contribution in [0.3, 0.4) is 0 Å². The third-order valence-electron chi connectivity index (χ3n) is 3.10. The van der Waals surface area contributed by atoms with Gasteiger partial charge in [0.25, 0.3) is 0 Å². The van der Waals surface area contributed by atoms with Crippen molar-refractivity contribution in [1.82, 2.24) is 0 Å². The Balaban J connectivity index is 3.20. The molecular formula is C16H32O6S2. The van der Waals surface area contributed by atoms with Gasteiger partial charge in [0.05, 0.1) is 46.2 Å². The van der Waals surface area contributed by atoms with Crippen LogP contribution in [0.25, 0.3) is 0 Å². The molecule has 0 aromatic heterocycles. The molecule has 0 amide bonds. The van der Waals surface area contributed by atoms with Crippen LogP contribution in [0.2, 0.25) is 0 Å². The average molecular weight is 385 g/mol. The molecule has 0 aromatic rings. The molecule has 0 aliphatic rings. The number of hydrogen-bond donors (Lipinski definition) is 3. The van der Waals surface area contributed by atoms with Crippen LogP contribution in [0, 0.1) is 0 Å². The lowest BCUT2D eigenvalue weighted by molar-refractivity contribution is -0.145. The highest BCUT2D eigenvalue weighted by Gasteiger charge is 2.05. The van der Waals surface area contributed by atoms with Crippen molar-refractivity contribution in [3.8, 4) is 0 Å². The molecule has 0 saturated carbocycles. The Morgan fingerprint density at radius 2 is 1.46 bits per heavy atom. The topological polar surface area (TPSA) is 74.2 Å². The summed E-state index contributed by atoms with van der Waals surface area (Å²) in [6.07, 6.45) is 4.25. The van der Waals surface area contributed by atoms with E-state index >= 15 is 0 Å². The largest absolute Gasteiger partial charge is 0.463 e. The van der Waals surface area contributed by atoms with Gasteiger partial charge in [0.1, 0.15) is 6.61 Å². The van der Waals surface area contributed by atoms with Gasteiger partial charge in [-0.1, -0.05) is 6.42 Å². The van der Waals surface area contributed by atoms with E-state index in [1.807, 2.05) is 0 Å². The van der Waals surface area contributed by atoms with Crippen molar-refractivity contribution in [2.45, 2.75) is 37.4 Å². The summed E-state index contributed by atoms with van der Waals surface area (Å²) in [4.78, 5) is 11.5. The highest BCUT2D eigenvalue weighted by Crippen LogP contribution is 2.12. The Morgan fingerprint density at radius 3 is 2.04 bits per heavy atom. The monoisotopic (exact) mass is 384 g/mol. The number of unbranched alkanes of at least 4 members (excludes halogenated alkanes) is 1. The first-order valence-corrected chi connectivity index (χ1v) is 9.64. The quantitative estimate of drug-likeness (QED) is 0.190. The Hall–Kier alpha value is 0.01000. The molecule has 1 unspecified atom stereocenters. The Kier molecular flexibility index (Phi) is 19.3. The van der Waals surface area contributed by atoms with Gasteiger partial charge < -0.3 is 24.1 Å². The van der Waals surface area contributed by atoms with Crippen molar-refractivity contribution in [2.24, 2.45) is 0 Å². The molecule has 1 atom stereocenters. The molecule has 0 radical (unpaired) electrons. The van der Waals surface area contributed by atoms with Crippen LogP contribution >= 0.6 is 25.3 Å². The number of hydrogen-bond acceptors (Lipinski definition) is 8. The molecule has 0 aliphatic carbocycles. The number of esters is 1. The van der Waals surface area contributed by atoms with E-state index in [4.69, 9.17) is 24.1 Å². The summed E-state index contributed by atoms with van der Waals surface area (Å²) in [6, 6.07) is 0. The van der Waals surface area contributed by atoms with Crippen LogP contribution < -0.4 is 0 Å². The molecule has 0 aromatic carbocycles. The fourth-order valence-electron chi connectivity index (χ4n) is 1.84. The van der Waals surface area contributed by atoms with Crippen molar-refractivity contribution >= 4 is 31.2 Å². The molecule has 6 nitrogen and oxygen atoms in total. The fraction of sp³-hybridized carbons (Fsp3) is 0.938. The Bertz CT molecular complexity index is 281. The standard InChI is InChI=1S/C16H32O6S2/c17-6-7-19-8-9-20-10-11-21-12-13-22-16(18)4-2-1-3-15(24)5-14-23/h15,17,23-24H,1-14H2. The number of aliphatic hydroxyl groups is 1. The number of carbonyl (C=O) groups is 1. The van der Waals surface area contributed by atoms with Crippen LogP contribution in [0.15, 0.2) is 0 Å². The molecule has 0 saturated heterocycles. The molecule has 1 N–H and O–H groups in total. The molecule has 0 fully saturated rings. The number of carbonyl (C=O) groups excluding carboxylic acids is 1. The summed E-state index contributed by atoms with van der Waals surface area (Å²) >= 11 is 8.62. The van der Waals surface area contributed by atoms with Gasteiger partial charge in [-0.15, -0.1) is 0 Å². The maximum atomic E-state index is 11.5. The van der Waals surface area contributed by atoms with Gasteiger partial charge >= 0.3 is 5.97 Å². The minimum absolute atomic E-state index is 0.0214. The predicted molar refractivity (Wildman–Crippen MR) is 100 cm³/mol. The zero-order valence-electron chi connectivity index (χ0n) is 14.4. The lowest BCUT2D eigenvalue weighted by atomic mass is 10.1. The third kappa shape index (κ3) is 18.4. The molecule has 0 heterocycles. The van der Waals surface area contributed by atoms with Crippen LogP contribution in [0.5, 0.6) is 0 Å². The second kappa shape index (κ2) is 19.3. The molecule has 0 bridgehead atoms. The van der Waals surface area contributed by atoms with E-state index in [1.165, 1.54) is 0 Å². The lowest BCUT2D eigenvalue weighted by Gasteiger charge is -2.09. The first-order chi connectivity index (χ1) is 11.7. The molecule has 0 aliphatic heterocycles. The number of rotatable bonds is 18. The molecule has 8 heteroatoms. The van der Waals surface area contributed by atoms with E-state index in [0.29, 0.717) is 51.3 Å². The van der Waals surface area contributed by atoms with Crippen molar-refractivity contribution < 1.29 is 28.8 Å². The van der Waals surface area contributed by atoms with Crippen LogP contribution in [-0.4, -0.2) is 74.9 Å². The highest BCUT2D eigenvalue weighted by molar-refractivity contribution is 7.81. The van der Waals surface area contributed by atoms with Gasteiger partial charge in [-0.25, -0.2) is 0 Å². The van der Waals surface area contributed by atoms with E-state index in [0.717, 1.165) is 31.4 Å². The summed E-state index contributed by atoms with van der Waals surface area (Å²) in [5.41, 5.74) is 0. The Labute approximate surface area is 156 Å². The highest BCUT2D eigenvalue weighted by atomic mass is 32.1. The normalized spacial score (nSPS) is 12.3. The fourth-order valence-corrected chi connectivity index (χ4v) is 2.66. The van der Waals surface area contributed by atoms with Gasteiger partial charge in [0, 0.05) is 11.7 Å².